The van der Waals surface area contributed by atoms with E-state index in [2.05, 4.69) is 17.6 Å². The van der Waals surface area contributed by atoms with Crippen LogP contribution in [-0.2, 0) is 0 Å². The van der Waals surface area contributed by atoms with Gasteiger partial charge < -0.3 is 15.4 Å². The number of benzene rings is 3. The van der Waals surface area contributed by atoms with Crippen molar-refractivity contribution in [2.45, 2.75) is 32.6 Å². The number of carbonyl (C=O) groups excluding carboxylic acids is 2. The Labute approximate surface area is 187 Å². The Morgan fingerprint density at radius 3 is 2.19 bits per heavy atom. The minimum atomic E-state index is -0.376. The summed E-state index contributed by atoms with van der Waals surface area (Å²) >= 11 is 0. The number of amides is 2. The van der Waals surface area contributed by atoms with Gasteiger partial charge in [0.05, 0.1) is 6.61 Å². The van der Waals surface area contributed by atoms with E-state index in [9.17, 15) is 14.0 Å². The van der Waals surface area contributed by atoms with Gasteiger partial charge in [-0.3, -0.25) is 9.59 Å². The number of anilines is 2. The number of nitrogens with one attached hydrogen (secondary N) is 2. The summed E-state index contributed by atoms with van der Waals surface area (Å²) in [5.41, 5.74) is 1.85. The molecule has 3 aromatic carbocycles. The largest absolute Gasteiger partial charge is 0.494 e. The molecule has 3 rings (SSSR count). The van der Waals surface area contributed by atoms with Crippen LogP contribution in [0.2, 0.25) is 0 Å². The summed E-state index contributed by atoms with van der Waals surface area (Å²) < 4.78 is 18.7. The lowest BCUT2D eigenvalue weighted by Crippen LogP contribution is -2.14. The molecule has 0 bridgehead atoms. The van der Waals surface area contributed by atoms with Crippen LogP contribution in [0, 0.1) is 5.82 Å². The van der Waals surface area contributed by atoms with Crippen molar-refractivity contribution in [3.05, 3.63) is 89.7 Å². The molecule has 0 saturated carbocycles. The molecule has 0 fully saturated rings. The number of rotatable bonds is 10. The highest BCUT2D eigenvalue weighted by Gasteiger charge is 2.10. The van der Waals surface area contributed by atoms with E-state index in [1.54, 1.807) is 48.5 Å². The average molecular weight is 435 g/mol. The van der Waals surface area contributed by atoms with Crippen molar-refractivity contribution in [3.63, 3.8) is 0 Å². The van der Waals surface area contributed by atoms with Crippen LogP contribution in [0.25, 0.3) is 0 Å². The molecule has 0 spiro atoms. The number of hydrogen-bond acceptors (Lipinski definition) is 3. The van der Waals surface area contributed by atoms with Gasteiger partial charge in [0.15, 0.2) is 0 Å². The van der Waals surface area contributed by atoms with Crippen molar-refractivity contribution in [1.29, 1.82) is 0 Å². The van der Waals surface area contributed by atoms with Gasteiger partial charge in [0.1, 0.15) is 11.6 Å². The first kappa shape index (κ1) is 23.0. The van der Waals surface area contributed by atoms with E-state index in [0.29, 0.717) is 29.1 Å². The molecule has 0 atom stereocenters. The normalized spacial score (nSPS) is 10.4. The zero-order chi connectivity index (χ0) is 22.8. The molecular weight excluding hydrogens is 407 g/mol. The van der Waals surface area contributed by atoms with E-state index in [0.717, 1.165) is 18.6 Å². The number of hydrogen-bond donors (Lipinski definition) is 2. The van der Waals surface area contributed by atoms with E-state index < -0.39 is 0 Å². The van der Waals surface area contributed by atoms with Gasteiger partial charge in [-0.2, -0.15) is 0 Å². The summed E-state index contributed by atoms with van der Waals surface area (Å²) in [7, 11) is 0. The number of unbranched alkanes of at least 4 members (excludes halogenated alkanes) is 3. The quantitative estimate of drug-likeness (QED) is 0.369. The third-order valence-electron chi connectivity index (χ3n) is 4.87. The fraction of sp³-hybridized carbons (Fsp3) is 0.231. The van der Waals surface area contributed by atoms with Crippen molar-refractivity contribution in [2.75, 3.05) is 17.2 Å². The van der Waals surface area contributed by atoms with Gasteiger partial charge in [-0.25, -0.2) is 4.39 Å². The van der Waals surface area contributed by atoms with E-state index in [1.165, 1.54) is 37.1 Å². The predicted molar refractivity (Wildman–Crippen MR) is 125 cm³/mol. The highest BCUT2D eigenvalue weighted by molar-refractivity contribution is 6.07. The molecule has 32 heavy (non-hydrogen) atoms. The smallest absolute Gasteiger partial charge is 0.255 e. The molecule has 0 radical (unpaired) electrons. The third-order valence-corrected chi connectivity index (χ3v) is 4.87. The lowest BCUT2D eigenvalue weighted by atomic mass is 10.1. The van der Waals surface area contributed by atoms with Crippen molar-refractivity contribution in [3.8, 4) is 5.75 Å². The van der Waals surface area contributed by atoms with Crippen LogP contribution in [0.5, 0.6) is 5.75 Å². The maximum atomic E-state index is 13.0. The molecule has 166 valence electrons. The van der Waals surface area contributed by atoms with E-state index >= 15 is 0 Å². The third kappa shape index (κ3) is 6.94. The molecule has 0 heterocycles. The van der Waals surface area contributed by atoms with Crippen LogP contribution in [0.1, 0.15) is 53.3 Å². The Hall–Kier alpha value is -3.67. The lowest BCUT2D eigenvalue weighted by Gasteiger charge is -2.10. The van der Waals surface area contributed by atoms with Crippen LogP contribution in [-0.4, -0.2) is 18.4 Å². The van der Waals surface area contributed by atoms with Crippen molar-refractivity contribution >= 4 is 23.2 Å². The first-order valence-electron chi connectivity index (χ1n) is 10.8. The van der Waals surface area contributed by atoms with E-state index in [4.69, 9.17) is 4.74 Å². The van der Waals surface area contributed by atoms with Crippen molar-refractivity contribution in [2.24, 2.45) is 0 Å². The molecule has 0 aliphatic heterocycles. The second-order valence-electron chi connectivity index (χ2n) is 7.43. The zero-order valence-electron chi connectivity index (χ0n) is 18.1. The first-order chi connectivity index (χ1) is 15.5. The molecule has 0 aliphatic carbocycles. The number of halogens is 1. The van der Waals surface area contributed by atoms with Crippen molar-refractivity contribution < 1.29 is 18.7 Å². The van der Waals surface area contributed by atoms with Crippen molar-refractivity contribution in [1.82, 2.24) is 0 Å². The Balaban J connectivity index is 1.55. The van der Waals surface area contributed by atoms with Crippen LogP contribution < -0.4 is 15.4 Å². The van der Waals surface area contributed by atoms with Crippen LogP contribution in [0.4, 0.5) is 15.8 Å². The summed E-state index contributed by atoms with van der Waals surface area (Å²) in [5.74, 6) is -0.277. The highest BCUT2D eigenvalue weighted by atomic mass is 19.1. The Bertz CT molecular complexity index is 1030. The molecule has 0 saturated heterocycles. The summed E-state index contributed by atoms with van der Waals surface area (Å²) in [6.07, 6.45) is 4.56. The van der Waals surface area contributed by atoms with Gasteiger partial charge in [0.2, 0.25) is 0 Å². The van der Waals surface area contributed by atoms with Gasteiger partial charge in [-0.05, 0) is 73.2 Å². The standard InChI is InChI=1S/C26H27FN2O3/c1-2-3-4-5-17-32-24-15-9-19(10-16-24)25(30)29-23-8-6-7-20(18-23)26(31)28-22-13-11-21(27)12-14-22/h6-16,18H,2-5,17H2,1H3,(H,28,31)(H,29,30). The molecule has 6 heteroatoms. The average Bonchev–Trinajstić information content (AvgIpc) is 2.81. The molecule has 0 aliphatic rings. The van der Waals surface area contributed by atoms with Gasteiger partial charge in [-0.1, -0.05) is 32.3 Å². The van der Waals surface area contributed by atoms with Crippen LogP contribution >= 0.6 is 0 Å². The van der Waals surface area contributed by atoms with Gasteiger partial charge in [-0.15, -0.1) is 0 Å². The minimum absolute atomic E-state index is 0.282. The molecule has 2 amide bonds. The molecule has 0 aromatic heterocycles. The maximum absolute atomic E-state index is 13.0. The first-order valence-corrected chi connectivity index (χ1v) is 10.8. The van der Waals surface area contributed by atoms with Gasteiger partial charge in [0.25, 0.3) is 11.8 Å². The molecule has 2 N–H and O–H groups in total. The fourth-order valence-corrected chi connectivity index (χ4v) is 3.10. The number of ether oxygens (including phenoxy) is 1. The Morgan fingerprint density at radius 2 is 1.47 bits per heavy atom. The second kappa shape index (κ2) is 11.6. The molecule has 5 nitrogen and oxygen atoms in total. The molecule has 0 unspecified atom stereocenters. The minimum Gasteiger partial charge on any atom is -0.494 e. The highest BCUT2D eigenvalue weighted by Crippen LogP contribution is 2.17. The lowest BCUT2D eigenvalue weighted by molar-refractivity contribution is 0.101. The fourth-order valence-electron chi connectivity index (χ4n) is 3.10. The second-order valence-corrected chi connectivity index (χ2v) is 7.43. The summed E-state index contributed by atoms with van der Waals surface area (Å²) in [6, 6.07) is 19.1. The van der Waals surface area contributed by atoms with E-state index in [-0.39, 0.29) is 17.6 Å². The Kier molecular flexibility index (Phi) is 8.37. The Morgan fingerprint density at radius 1 is 0.781 bits per heavy atom. The predicted octanol–water partition coefficient (Wildman–Crippen LogP) is 6.29. The van der Waals surface area contributed by atoms with Crippen LogP contribution in [0.15, 0.2) is 72.8 Å². The molecular formula is C26H27FN2O3. The zero-order valence-corrected chi connectivity index (χ0v) is 18.1. The summed E-state index contributed by atoms with van der Waals surface area (Å²) in [4.78, 5) is 25.0. The van der Waals surface area contributed by atoms with Gasteiger partial charge in [0, 0.05) is 22.5 Å². The van der Waals surface area contributed by atoms with Gasteiger partial charge >= 0.3 is 0 Å². The SMILES string of the molecule is CCCCCCOc1ccc(C(=O)Nc2cccc(C(=O)Nc3ccc(F)cc3)c2)cc1. The monoisotopic (exact) mass is 434 g/mol. The topological polar surface area (TPSA) is 67.4 Å². The van der Waals surface area contributed by atoms with E-state index in [1.807, 2.05) is 0 Å². The summed E-state index contributed by atoms with van der Waals surface area (Å²) in [6.45, 7) is 2.84. The molecule has 3 aromatic rings. The van der Waals surface area contributed by atoms with Crippen LogP contribution in [0.3, 0.4) is 0 Å². The maximum Gasteiger partial charge on any atom is 0.255 e. The number of carbonyl (C=O) groups is 2. The summed E-state index contributed by atoms with van der Waals surface area (Å²) in [5, 5.41) is 5.50.